The second-order valence-corrected chi connectivity index (χ2v) is 6.54. The molecule has 0 radical (unpaired) electrons. The molecular formula is C18H26N2O. The van der Waals surface area contributed by atoms with Crippen LogP contribution in [0.3, 0.4) is 0 Å². The third-order valence-corrected chi connectivity index (χ3v) is 4.69. The number of nitrogens with one attached hydrogen (secondary N) is 1. The van der Waals surface area contributed by atoms with E-state index in [1.54, 1.807) is 0 Å². The number of aryl methyl sites for hydroxylation is 1. The van der Waals surface area contributed by atoms with Gasteiger partial charge < -0.3 is 10.1 Å². The second-order valence-electron chi connectivity index (χ2n) is 6.54. The van der Waals surface area contributed by atoms with Gasteiger partial charge in [0, 0.05) is 24.3 Å². The summed E-state index contributed by atoms with van der Waals surface area (Å²) < 4.78 is 5.92. The van der Waals surface area contributed by atoms with E-state index in [-0.39, 0.29) is 0 Å². The fourth-order valence-corrected chi connectivity index (χ4v) is 2.81. The Morgan fingerprint density at radius 1 is 1.24 bits per heavy atom. The lowest BCUT2D eigenvalue weighted by molar-refractivity contribution is 0.192. The number of nitrogens with zero attached hydrogens (tertiary/aromatic N) is 1. The molecule has 2 unspecified atom stereocenters. The summed E-state index contributed by atoms with van der Waals surface area (Å²) in [7, 11) is 0. The Labute approximate surface area is 127 Å². The SMILES string of the molecule is Cc1nc(OCC2CC=CCC2C)ccc1CNC1CC1. The van der Waals surface area contributed by atoms with E-state index >= 15 is 0 Å². The summed E-state index contributed by atoms with van der Waals surface area (Å²) >= 11 is 0. The minimum atomic E-state index is 0.619. The van der Waals surface area contributed by atoms with E-state index in [0.717, 1.165) is 37.2 Å². The number of aromatic nitrogens is 1. The molecule has 0 spiro atoms. The second kappa shape index (κ2) is 6.61. The van der Waals surface area contributed by atoms with Crippen LogP contribution in [0.5, 0.6) is 5.88 Å². The zero-order chi connectivity index (χ0) is 14.7. The molecule has 0 aromatic carbocycles. The van der Waals surface area contributed by atoms with Crippen molar-refractivity contribution < 1.29 is 4.74 Å². The number of ether oxygens (including phenoxy) is 1. The van der Waals surface area contributed by atoms with Gasteiger partial charge in [-0.05, 0) is 50.0 Å². The van der Waals surface area contributed by atoms with Crippen LogP contribution >= 0.6 is 0 Å². The molecule has 1 heterocycles. The van der Waals surface area contributed by atoms with Gasteiger partial charge in [-0.3, -0.25) is 0 Å². The maximum absolute atomic E-state index is 5.92. The zero-order valence-electron chi connectivity index (χ0n) is 13.1. The molecule has 1 aromatic rings. The van der Waals surface area contributed by atoms with E-state index in [1.165, 1.54) is 24.8 Å². The largest absolute Gasteiger partial charge is 0.477 e. The first kappa shape index (κ1) is 14.6. The molecule has 2 aliphatic carbocycles. The number of pyridine rings is 1. The maximum atomic E-state index is 5.92. The van der Waals surface area contributed by atoms with E-state index in [0.29, 0.717) is 11.8 Å². The van der Waals surface area contributed by atoms with Crippen LogP contribution in [-0.2, 0) is 6.54 Å². The van der Waals surface area contributed by atoms with Crippen molar-refractivity contribution in [2.24, 2.45) is 11.8 Å². The summed E-state index contributed by atoms with van der Waals surface area (Å²) in [6.07, 6.45) is 9.50. The Bertz CT molecular complexity index is 508. The lowest BCUT2D eigenvalue weighted by Gasteiger charge is -2.25. The molecule has 114 valence electrons. The molecule has 1 aromatic heterocycles. The smallest absolute Gasteiger partial charge is 0.213 e. The van der Waals surface area contributed by atoms with E-state index in [9.17, 15) is 0 Å². The average molecular weight is 286 g/mol. The third kappa shape index (κ3) is 4.07. The molecule has 3 rings (SSSR count). The van der Waals surface area contributed by atoms with Gasteiger partial charge >= 0.3 is 0 Å². The Morgan fingerprint density at radius 2 is 2.05 bits per heavy atom. The zero-order valence-corrected chi connectivity index (χ0v) is 13.1. The van der Waals surface area contributed by atoms with Crippen LogP contribution in [0.2, 0.25) is 0 Å². The molecule has 3 nitrogen and oxygen atoms in total. The summed E-state index contributed by atoms with van der Waals surface area (Å²) in [6, 6.07) is 4.90. The van der Waals surface area contributed by atoms with Crippen molar-refractivity contribution >= 4 is 0 Å². The summed E-state index contributed by atoms with van der Waals surface area (Å²) in [4.78, 5) is 4.60. The van der Waals surface area contributed by atoms with Gasteiger partial charge in [0.15, 0.2) is 0 Å². The van der Waals surface area contributed by atoms with Crippen LogP contribution in [-0.4, -0.2) is 17.6 Å². The van der Waals surface area contributed by atoms with Gasteiger partial charge in [-0.25, -0.2) is 4.98 Å². The Balaban J connectivity index is 1.53. The predicted octanol–water partition coefficient (Wildman–Crippen LogP) is 3.62. The first-order valence-corrected chi connectivity index (χ1v) is 8.20. The lowest BCUT2D eigenvalue weighted by atomic mass is 9.85. The fourth-order valence-electron chi connectivity index (χ4n) is 2.81. The standard InChI is InChI=1S/C18H26N2O/c1-13-5-3-4-6-16(13)12-21-18-10-7-15(14(2)20-18)11-19-17-8-9-17/h3-4,7,10,13,16-17,19H,5-6,8-9,11-12H2,1-2H3. The number of hydrogen-bond acceptors (Lipinski definition) is 3. The normalized spacial score (nSPS) is 25.0. The average Bonchev–Trinajstić information content (AvgIpc) is 3.30. The fraction of sp³-hybridized carbons (Fsp3) is 0.611. The minimum Gasteiger partial charge on any atom is -0.477 e. The Hall–Kier alpha value is -1.35. The highest BCUT2D eigenvalue weighted by molar-refractivity contribution is 5.25. The summed E-state index contributed by atoms with van der Waals surface area (Å²) in [5.74, 6) is 2.09. The molecule has 2 aliphatic rings. The predicted molar refractivity (Wildman–Crippen MR) is 85.4 cm³/mol. The molecule has 0 amide bonds. The molecule has 0 bridgehead atoms. The van der Waals surface area contributed by atoms with Gasteiger partial charge in [-0.2, -0.15) is 0 Å². The number of allylic oxidation sites excluding steroid dienone is 2. The molecule has 2 atom stereocenters. The number of rotatable bonds is 6. The minimum absolute atomic E-state index is 0.619. The third-order valence-electron chi connectivity index (χ3n) is 4.69. The van der Waals surface area contributed by atoms with Gasteiger partial charge in [0.25, 0.3) is 0 Å². The van der Waals surface area contributed by atoms with E-state index in [4.69, 9.17) is 4.74 Å². The van der Waals surface area contributed by atoms with Crippen LogP contribution < -0.4 is 10.1 Å². The molecular weight excluding hydrogens is 260 g/mol. The van der Waals surface area contributed by atoms with Crippen molar-refractivity contribution in [3.05, 3.63) is 35.5 Å². The van der Waals surface area contributed by atoms with E-state index in [1.807, 2.05) is 6.07 Å². The lowest BCUT2D eigenvalue weighted by Crippen LogP contribution is -2.21. The van der Waals surface area contributed by atoms with Gasteiger partial charge in [0.1, 0.15) is 0 Å². The van der Waals surface area contributed by atoms with Gasteiger partial charge in [-0.15, -0.1) is 0 Å². The van der Waals surface area contributed by atoms with Crippen molar-refractivity contribution in [1.29, 1.82) is 0 Å². The highest BCUT2D eigenvalue weighted by atomic mass is 16.5. The van der Waals surface area contributed by atoms with Crippen molar-refractivity contribution in [1.82, 2.24) is 10.3 Å². The molecule has 1 N–H and O–H groups in total. The van der Waals surface area contributed by atoms with Crippen LogP contribution in [0.1, 0.15) is 43.9 Å². The molecule has 1 fully saturated rings. The van der Waals surface area contributed by atoms with Crippen molar-refractivity contribution in [2.75, 3.05) is 6.61 Å². The van der Waals surface area contributed by atoms with Crippen LogP contribution in [0.4, 0.5) is 0 Å². The molecule has 3 heteroatoms. The molecule has 0 aliphatic heterocycles. The topological polar surface area (TPSA) is 34.1 Å². The van der Waals surface area contributed by atoms with Gasteiger partial charge in [0.2, 0.25) is 5.88 Å². The summed E-state index contributed by atoms with van der Waals surface area (Å²) in [6.45, 7) is 6.08. The highest BCUT2D eigenvalue weighted by Gasteiger charge is 2.21. The molecule has 21 heavy (non-hydrogen) atoms. The Morgan fingerprint density at radius 3 is 2.76 bits per heavy atom. The quantitative estimate of drug-likeness (QED) is 0.811. The van der Waals surface area contributed by atoms with Crippen LogP contribution in [0.25, 0.3) is 0 Å². The van der Waals surface area contributed by atoms with E-state index in [2.05, 4.69) is 42.4 Å². The van der Waals surface area contributed by atoms with Gasteiger partial charge in [0.05, 0.1) is 6.61 Å². The van der Waals surface area contributed by atoms with Crippen molar-refractivity contribution in [2.45, 2.75) is 52.1 Å². The first-order chi connectivity index (χ1) is 10.2. The van der Waals surface area contributed by atoms with Crippen LogP contribution in [0, 0.1) is 18.8 Å². The van der Waals surface area contributed by atoms with Crippen molar-refractivity contribution in [3.8, 4) is 5.88 Å². The molecule has 1 saturated carbocycles. The molecule has 0 saturated heterocycles. The summed E-state index contributed by atoms with van der Waals surface area (Å²) in [5, 5.41) is 3.53. The number of hydrogen-bond donors (Lipinski definition) is 1. The van der Waals surface area contributed by atoms with E-state index < -0.39 is 0 Å². The first-order valence-electron chi connectivity index (χ1n) is 8.20. The summed E-state index contributed by atoms with van der Waals surface area (Å²) in [5.41, 5.74) is 2.36. The van der Waals surface area contributed by atoms with Crippen LogP contribution in [0.15, 0.2) is 24.3 Å². The monoisotopic (exact) mass is 286 g/mol. The van der Waals surface area contributed by atoms with Gasteiger partial charge in [-0.1, -0.05) is 25.1 Å². The maximum Gasteiger partial charge on any atom is 0.213 e. The Kier molecular flexibility index (Phi) is 4.59. The highest BCUT2D eigenvalue weighted by Crippen LogP contribution is 2.26. The van der Waals surface area contributed by atoms with Crippen molar-refractivity contribution in [3.63, 3.8) is 0 Å².